The number of nitriles is 1. The summed E-state index contributed by atoms with van der Waals surface area (Å²) in [7, 11) is -1.27. The summed E-state index contributed by atoms with van der Waals surface area (Å²) in [4.78, 5) is 4.46. The first-order valence-corrected chi connectivity index (χ1v) is 16.5. The molecule has 2 aromatic carbocycles. The molecule has 4 aromatic rings. The van der Waals surface area contributed by atoms with Gasteiger partial charge in [-0.25, -0.2) is 9.07 Å². The first kappa shape index (κ1) is 25.2. The summed E-state index contributed by atoms with van der Waals surface area (Å²) in [5.41, 5.74) is 4.13. The highest BCUT2D eigenvalue weighted by molar-refractivity contribution is 6.76. The van der Waals surface area contributed by atoms with E-state index < -0.39 is 8.07 Å². The van der Waals surface area contributed by atoms with E-state index in [-0.39, 0.29) is 11.9 Å². The van der Waals surface area contributed by atoms with Crippen LogP contribution in [0.25, 0.3) is 10.9 Å². The van der Waals surface area contributed by atoms with Crippen molar-refractivity contribution < 1.29 is 4.39 Å². The Morgan fingerprint density at radius 2 is 1.97 bits per heavy atom. The normalized spacial score (nSPS) is 14.4. The lowest BCUT2D eigenvalue weighted by Crippen LogP contribution is -2.23. The molecular weight excluding hydrogens is 505 g/mol. The van der Waals surface area contributed by atoms with Gasteiger partial charge in [0, 0.05) is 31.9 Å². The van der Waals surface area contributed by atoms with Gasteiger partial charge in [0.2, 0.25) is 0 Å². The number of nitrogens with zero attached hydrogens (tertiary/aromatic N) is 5. The number of aromatic nitrogens is 4. The van der Waals surface area contributed by atoms with Gasteiger partial charge >= 0.3 is 0 Å². The number of rotatable bonds is 9. The summed E-state index contributed by atoms with van der Waals surface area (Å²) >= 11 is 6.70. The molecule has 1 saturated carbocycles. The zero-order valence-electron chi connectivity index (χ0n) is 21.1. The summed E-state index contributed by atoms with van der Waals surface area (Å²) in [6.45, 7) is 7.72. The van der Waals surface area contributed by atoms with Crippen LogP contribution in [0.2, 0.25) is 30.7 Å². The van der Waals surface area contributed by atoms with Crippen molar-refractivity contribution in [2.45, 2.75) is 50.6 Å². The zero-order chi connectivity index (χ0) is 26.2. The van der Waals surface area contributed by atoms with E-state index in [9.17, 15) is 9.65 Å². The molecule has 0 saturated heterocycles. The lowest BCUT2D eigenvalue weighted by Gasteiger charge is -2.21. The largest absolute Gasteiger partial charge is 0.384 e. The van der Waals surface area contributed by atoms with Crippen molar-refractivity contribution in [3.63, 3.8) is 0 Å². The van der Waals surface area contributed by atoms with Crippen molar-refractivity contribution in [2.75, 3.05) is 17.2 Å². The maximum absolute atomic E-state index is 13.7. The van der Waals surface area contributed by atoms with Crippen LogP contribution in [-0.2, 0) is 0 Å². The molecular formula is C27H29ClFN7Si. The second-order valence-corrected chi connectivity index (χ2v) is 16.8. The van der Waals surface area contributed by atoms with Gasteiger partial charge in [-0.1, -0.05) is 48.6 Å². The first-order valence-electron chi connectivity index (χ1n) is 12.4. The van der Waals surface area contributed by atoms with Crippen molar-refractivity contribution >= 4 is 42.0 Å². The van der Waals surface area contributed by atoms with Gasteiger partial charge in [0.1, 0.15) is 17.6 Å². The maximum Gasteiger partial charge on any atom is 0.123 e. The number of nitrogens with one attached hydrogen (secondary N) is 2. The fourth-order valence-corrected chi connectivity index (χ4v) is 5.41. The van der Waals surface area contributed by atoms with Crippen LogP contribution in [0, 0.1) is 17.1 Å². The second kappa shape index (κ2) is 10.1. The van der Waals surface area contributed by atoms with Crippen molar-refractivity contribution in [2.24, 2.45) is 0 Å². The van der Waals surface area contributed by atoms with Crippen molar-refractivity contribution in [1.29, 1.82) is 5.26 Å². The SMILES string of the molecule is C[Si](C)(C)CCNc1c(C#N)cnc2c(Cl)cc(NC(c3ccc(F)cc3)c3cn(C4CC4)nn3)cc12. The molecule has 1 aliphatic rings. The summed E-state index contributed by atoms with van der Waals surface area (Å²) in [5, 5.41) is 26.8. The molecule has 0 amide bonds. The molecule has 10 heteroatoms. The molecule has 2 N–H and O–H groups in total. The Balaban J connectivity index is 1.54. The first-order chi connectivity index (χ1) is 17.7. The van der Waals surface area contributed by atoms with Gasteiger partial charge in [-0.2, -0.15) is 5.26 Å². The van der Waals surface area contributed by atoms with Gasteiger partial charge in [0.05, 0.1) is 40.1 Å². The Labute approximate surface area is 221 Å². The summed E-state index contributed by atoms with van der Waals surface area (Å²) < 4.78 is 15.6. The highest BCUT2D eigenvalue weighted by Crippen LogP contribution is 2.37. The average molecular weight is 534 g/mol. The predicted octanol–water partition coefficient (Wildman–Crippen LogP) is 6.78. The lowest BCUT2D eigenvalue weighted by molar-refractivity contribution is 0.610. The lowest BCUT2D eigenvalue weighted by atomic mass is 10.0. The molecule has 7 nitrogen and oxygen atoms in total. The molecule has 1 atom stereocenters. The number of pyridine rings is 1. The van der Waals surface area contributed by atoms with Gasteiger partial charge in [-0.15, -0.1) is 5.10 Å². The minimum Gasteiger partial charge on any atom is -0.384 e. The van der Waals surface area contributed by atoms with E-state index in [2.05, 4.69) is 51.6 Å². The molecule has 0 spiro atoms. The number of anilines is 2. The van der Waals surface area contributed by atoms with Crippen molar-refractivity contribution in [3.8, 4) is 6.07 Å². The number of halogens is 2. The number of benzene rings is 2. The van der Waals surface area contributed by atoms with Crippen LogP contribution in [0.5, 0.6) is 0 Å². The standard InChI is InChI=1S/C27H29ClFN7Si/c1-37(2,3)11-10-31-25-18(14-30)15-32-27-22(25)12-20(13-23(27)28)33-26(17-4-6-19(29)7-5-17)24-16-36(35-34-24)21-8-9-21/h4-7,12-13,15-16,21,26,33H,8-11H2,1-3H3,(H,31,32). The second-order valence-electron chi connectivity index (χ2n) is 10.7. The molecule has 2 aromatic heterocycles. The van der Waals surface area contributed by atoms with E-state index in [1.807, 2.05) is 23.0 Å². The van der Waals surface area contributed by atoms with Gasteiger partial charge < -0.3 is 10.6 Å². The van der Waals surface area contributed by atoms with E-state index in [1.165, 1.54) is 12.1 Å². The van der Waals surface area contributed by atoms with E-state index in [0.29, 0.717) is 22.1 Å². The van der Waals surface area contributed by atoms with Crippen LogP contribution in [0.1, 0.15) is 41.7 Å². The number of fused-ring (bicyclic) bond motifs is 1. The maximum atomic E-state index is 13.7. The average Bonchev–Trinajstić information content (AvgIpc) is 3.59. The van der Waals surface area contributed by atoms with Crippen LogP contribution >= 0.6 is 11.6 Å². The van der Waals surface area contributed by atoms with E-state index in [0.717, 1.165) is 53.4 Å². The molecule has 1 fully saturated rings. The molecule has 0 bridgehead atoms. The predicted molar refractivity (Wildman–Crippen MR) is 148 cm³/mol. The smallest absolute Gasteiger partial charge is 0.123 e. The van der Waals surface area contributed by atoms with Crippen molar-refractivity contribution in [1.82, 2.24) is 20.0 Å². The molecule has 0 aliphatic heterocycles. The van der Waals surface area contributed by atoms with Gasteiger partial charge in [0.25, 0.3) is 0 Å². The van der Waals surface area contributed by atoms with E-state index >= 15 is 0 Å². The molecule has 5 rings (SSSR count). The van der Waals surface area contributed by atoms with Gasteiger partial charge in [-0.3, -0.25) is 4.98 Å². The van der Waals surface area contributed by atoms with Crippen LogP contribution in [0.4, 0.5) is 15.8 Å². The van der Waals surface area contributed by atoms with E-state index in [4.69, 9.17) is 11.6 Å². The molecule has 1 unspecified atom stereocenters. The Morgan fingerprint density at radius 1 is 1.22 bits per heavy atom. The Kier molecular flexibility index (Phi) is 6.88. The van der Waals surface area contributed by atoms with Crippen LogP contribution in [-0.4, -0.2) is 34.6 Å². The zero-order valence-corrected chi connectivity index (χ0v) is 22.8. The minimum atomic E-state index is -1.27. The third-order valence-corrected chi connectivity index (χ3v) is 8.52. The summed E-state index contributed by atoms with van der Waals surface area (Å²) in [6, 6.07) is 13.5. The fourth-order valence-electron chi connectivity index (χ4n) is 4.27. The van der Waals surface area contributed by atoms with Gasteiger partial charge in [0.15, 0.2) is 0 Å². The number of hydrogen-bond acceptors (Lipinski definition) is 6. The van der Waals surface area contributed by atoms with Crippen LogP contribution in [0.3, 0.4) is 0 Å². The Hall–Kier alpha value is -3.48. The monoisotopic (exact) mass is 533 g/mol. The topological polar surface area (TPSA) is 91.5 Å². The quantitative estimate of drug-likeness (QED) is 0.230. The van der Waals surface area contributed by atoms with E-state index in [1.54, 1.807) is 18.3 Å². The van der Waals surface area contributed by atoms with Crippen molar-refractivity contribution in [3.05, 3.63) is 76.5 Å². The Morgan fingerprint density at radius 3 is 2.65 bits per heavy atom. The molecule has 190 valence electrons. The summed E-state index contributed by atoms with van der Waals surface area (Å²) in [5.74, 6) is -0.304. The minimum absolute atomic E-state index is 0.304. The van der Waals surface area contributed by atoms with Crippen LogP contribution in [0.15, 0.2) is 48.8 Å². The van der Waals surface area contributed by atoms with Gasteiger partial charge in [-0.05, 0) is 48.7 Å². The third kappa shape index (κ3) is 5.76. The molecule has 1 aliphatic carbocycles. The summed E-state index contributed by atoms with van der Waals surface area (Å²) in [6.07, 6.45) is 5.70. The highest BCUT2D eigenvalue weighted by atomic mass is 35.5. The highest BCUT2D eigenvalue weighted by Gasteiger charge is 2.27. The fraction of sp³-hybridized carbons (Fsp3) is 0.333. The number of hydrogen-bond donors (Lipinski definition) is 2. The van der Waals surface area contributed by atoms with Crippen LogP contribution < -0.4 is 10.6 Å². The molecule has 0 radical (unpaired) electrons. The molecule has 37 heavy (non-hydrogen) atoms. The molecule has 2 heterocycles. The Bertz CT molecular complexity index is 1470. The third-order valence-electron chi connectivity index (χ3n) is 6.48.